The van der Waals surface area contributed by atoms with E-state index < -0.39 is 6.10 Å². The van der Waals surface area contributed by atoms with Gasteiger partial charge in [0.15, 0.2) is 5.78 Å². The van der Waals surface area contributed by atoms with Crippen molar-refractivity contribution in [2.75, 3.05) is 0 Å². The van der Waals surface area contributed by atoms with Crippen LogP contribution >= 0.6 is 0 Å². The summed E-state index contributed by atoms with van der Waals surface area (Å²) in [5.74, 6) is -0.0671. The van der Waals surface area contributed by atoms with Gasteiger partial charge in [-0.15, -0.1) is 0 Å². The molecule has 0 amide bonds. The highest BCUT2D eigenvalue weighted by Crippen LogP contribution is 2.13. The molecule has 1 unspecified atom stereocenters. The SMILES string of the molecule is C=C/C=C(\C=C/C)C(O)CC(=O)c1ccccc1.CC.CC. The van der Waals surface area contributed by atoms with Gasteiger partial charge in [0.05, 0.1) is 6.10 Å². The van der Waals surface area contributed by atoms with Crippen molar-refractivity contribution in [3.63, 3.8) is 0 Å². The van der Waals surface area contributed by atoms with E-state index in [1.807, 2.05) is 58.9 Å². The van der Waals surface area contributed by atoms with E-state index in [0.29, 0.717) is 11.1 Å². The third kappa shape index (κ3) is 9.09. The highest BCUT2D eigenvalue weighted by Gasteiger charge is 2.14. The van der Waals surface area contributed by atoms with Gasteiger partial charge in [-0.05, 0) is 12.5 Å². The molecule has 0 radical (unpaired) electrons. The van der Waals surface area contributed by atoms with E-state index in [1.165, 1.54) is 0 Å². The first-order chi connectivity index (χ1) is 10.7. The van der Waals surface area contributed by atoms with Crippen LogP contribution in [0.3, 0.4) is 0 Å². The van der Waals surface area contributed by atoms with Crippen LogP contribution in [0.4, 0.5) is 0 Å². The zero-order chi connectivity index (χ0) is 17.4. The maximum absolute atomic E-state index is 11.9. The lowest BCUT2D eigenvalue weighted by molar-refractivity contribution is 0.0917. The molecule has 1 aromatic rings. The van der Waals surface area contributed by atoms with Crippen molar-refractivity contribution in [2.24, 2.45) is 0 Å². The molecule has 1 atom stereocenters. The molecule has 22 heavy (non-hydrogen) atoms. The van der Waals surface area contributed by atoms with Crippen LogP contribution in [-0.4, -0.2) is 17.0 Å². The van der Waals surface area contributed by atoms with E-state index in [1.54, 1.807) is 30.4 Å². The number of rotatable bonds is 6. The van der Waals surface area contributed by atoms with Crippen LogP contribution in [0.15, 0.2) is 66.8 Å². The molecule has 1 aromatic carbocycles. The van der Waals surface area contributed by atoms with Crippen molar-refractivity contribution in [1.29, 1.82) is 0 Å². The maximum Gasteiger partial charge on any atom is 0.165 e. The fourth-order valence-corrected chi connectivity index (χ4v) is 1.64. The average molecular weight is 302 g/mol. The number of allylic oxidation sites excluding steroid dienone is 3. The van der Waals surface area contributed by atoms with Crippen LogP contribution in [-0.2, 0) is 0 Å². The lowest BCUT2D eigenvalue weighted by Gasteiger charge is -2.11. The van der Waals surface area contributed by atoms with Gasteiger partial charge in [-0.25, -0.2) is 0 Å². The predicted molar refractivity (Wildman–Crippen MR) is 97.2 cm³/mol. The molecule has 2 heteroatoms. The van der Waals surface area contributed by atoms with Crippen LogP contribution < -0.4 is 0 Å². The minimum absolute atomic E-state index is 0.0671. The Morgan fingerprint density at radius 1 is 1.18 bits per heavy atom. The first-order valence-electron chi connectivity index (χ1n) is 7.90. The zero-order valence-electron chi connectivity index (χ0n) is 14.5. The highest BCUT2D eigenvalue weighted by molar-refractivity contribution is 5.96. The molecule has 0 aromatic heterocycles. The van der Waals surface area contributed by atoms with E-state index in [2.05, 4.69) is 6.58 Å². The first kappa shape index (κ1) is 22.4. The number of Topliss-reactive ketones (excluding diaryl/α,β-unsaturated/α-hetero) is 1. The summed E-state index contributed by atoms with van der Waals surface area (Å²) < 4.78 is 0. The Kier molecular flexibility index (Phi) is 15.7. The molecule has 2 nitrogen and oxygen atoms in total. The number of benzene rings is 1. The summed E-state index contributed by atoms with van der Waals surface area (Å²) in [6.45, 7) is 13.5. The molecule has 0 aliphatic heterocycles. The first-order valence-corrected chi connectivity index (χ1v) is 7.90. The van der Waals surface area contributed by atoms with Crippen molar-refractivity contribution in [1.82, 2.24) is 0 Å². The van der Waals surface area contributed by atoms with Gasteiger partial charge >= 0.3 is 0 Å². The number of carbonyl (C=O) groups excluding carboxylic acids is 1. The minimum atomic E-state index is -0.799. The Hall–Kier alpha value is -1.93. The van der Waals surface area contributed by atoms with Crippen molar-refractivity contribution >= 4 is 5.78 Å². The molecule has 0 saturated carbocycles. The van der Waals surface area contributed by atoms with Crippen molar-refractivity contribution in [3.05, 3.63) is 72.4 Å². The summed E-state index contributed by atoms with van der Waals surface area (Å²) in [5, 5.41) is 10.0. The molecule has 0 fully saturated rings. The highest BCUT2D eigenvalue weighted by atomic mass is 16.3. The van der Waals surface area contributed by atoms with Crippen LogP contribution in [0.5, 0.6) is 0 Å². The van der Waals surface area contributed by atoms with Gasteiger partial charge in [0.25, 0.3) is 0 Å². The Balaban J connectivity index is 0. The Morgan fingerprint density at radius 3 is 2.18 bits per heavy atom. The van der Waals surface area contributed by atoms with Gasteiger partial charge in [-0.3, -0.25) is 4.79 Å². The van der Waals surface area contributed by atoms with Gasteiger partial charge in [0.2, 0.25) is 0 Å². The second-order valence-electron chi connectivity index (χ2n) is 3.91. The third-order valence-electron chi connectivity index (χ3n) is 2.53. The van der Waals surface area contributed by atoms with E-state index in [4.69, 9.17) is 0 Å². The fraction of sp³-hybridized carbons (Fsp3) is 0.350. The molecule has 0 bridgehead atoms. The molecular weight excluding hydrogens is 272 g/mol. The molecule has 122 valence electrons. The fourth-order valence-electron chi connectivity index (χ4n) is 1.64. The van der Waals surface area contributed by atoms with Gasteiger partial charge in [-0.2, -0.15) is 0 Å². The van der Waals surface area contributed by atoms with Crippen LogP contribution in [0, 0.1) is 0 Å². The molecule has 1 rings (SSSR count). The second-order valence-corrected chi connectivity index (χ2v) is 3.91. The lowest BCUT2D eigenvalue weighted by Crippen LogP contribution is -2.15. The standard InChI is InChI=1S/C16H18O2.2C2H6/c1-3-8-13(9-4-2)15(17)12-16(18)14-10-6-5-7-11-14;2*1-2/h3-11,15,17H,1,12H2,2H3;2*1-2H3/b9-4-,13-8+;;. The van der Waals surface area contributed by atoms with E-state index >= 15 is 0 Å². The molecular formula is C20H30O2. The summed E-state index contributed by atoms with van der Waals surface area (Å²) in [4.78, 5) is 11.9. The molecule has 0 aliphatic carbocycles. The topological polar surface area (TPSA) is 37.3 Å². The monoisotopic (exact) mass is 302 g/mol. The van der Waals surface area contributed by atoms with Crippen molar-refractivity contribution in [3.8, 4) is 0 Å². The van der Waals surface area contributed by atoms with Gasteiger partial charge in [-0.1, -0.05) is 88.9 Å². The van der Waals surface area contributed by atoms with E-state index in [9.17, 15) is 9.90 Å². The number of aliphatic hydroxyl groups is 1. The zero-order valence-corrected chi connectivity index (χ0v) is 14.5. The molecule has 0 heterocycles. The van der Waals surface area contributed by atoms with Crippen LogP contribution in [0.2, 0.25) is 0 Å². The van der Waals surface area contributed by atoms with Crippen LogP contribution in [0.25, 0.3) is 0 Å². The maximum atomic E-state index is 11.9. The quantitative estimate of drug-likeness (QED) is 0.567. The summed E-state index contributed by atoms with van der Waals surface area (Å²) in [6, 6.07) is 8.98. The smallest absolute Gasteiger partial charge is 0.165 e. The Morgan fingerprint density at radius 2 is 1.73 bits per heavy atom. The van der Waals surface area contributed by atoms with Gasteiger partial charge in [0.1, 0.15) is 0 Å². The predicted octanol–water partition coefficient (Wildman–Crippen LogP) is 5.36. The van der Waals surface area contributed by atoms with Gasteiger partial charge in [0, 0.05) is 12.0 Å². The molecule has 0 spiro atoms. The minimum Gasteiger partial charge on any atom is -0.388 e. The number of hydrogen-bond donors (Lipinski definition) is 1. The number of carbonyl (C=O) groups is 1. The summed E-state index contributed by atoms with van der Waals surface area (Å²) in [7, 11) is 0. The van der Waals surface area contributed by atoms with E-state index in [-0.39, 0.29) is 12.2 Å². The molecule has 0 saturated heterocycles. The van der Waals surface area contributed by atoms with Gasteiger partial charge < -0.3 is 5.11 Å². The molecule has 0 aliphatic rings. The Labute approximate surface area is 135 Å². The largest absolute Gasteiger partial charge is 0.388 e. The molecule has 1 N–H and O–H groups in total. The normalized spacial score (nSPS) is 11.6. The lowest BCUT2D eigenvalue weighted by atomic mass is 9.99. The van der Waals surface area contributed by atoms with Crippen molar-refractivity contribution < 1.29 is 9.90 Å². The summed E-state index contributed by atoms with van der Waals surface area (Å²) >= 11 is 0. The Bertz CT molecular complexity index is 456. The number of ketones is 1. The van der Waals surface area contributed by atoms with Crippen molar-refractivity contribution in [2.45, 2.75) is 47.1 Å². The number of aliphatic hydroxyl groups excluding tert-OH is 1. The summed E-state index contributed by atoms with van der Waals surface area (Å²) in [6.07, 6.45) is 6.20. The van der Waals surface area contributed by atoms with Crippen LogP contribution in [0.1, 0.15) is 51.4 Å². The second kappa shape index (κ2) is 15.5. The average Bonchev–Trinajstić information content (AvgIpc) is 2.59. The summed E-state index contributed by atoms with van der Waals surface area (Å²) in [5.41, 5.74) is 1.31. The third-order valence-corrected chi connectivity index (χ3v) is 2.53. The number of hydrogen-bond acceptors (Lipinski definition) is 2. The van der Waals surface area contributed by atoms with E-state index in [0.717, 1.165) is 0 Å².